The zero-order valence-electron chi connectivity index (χ0n) is 13.7. The Balaban J connectivity index is 1.46. The first-order chi connectivity index (χ1) is 12.1. The van der Waals surface area contributed by atoms with Crippen molar-refractivity contribution < 1.29 is 19.0 Å². The molecule has 2 aromatic rings. The summed E-state index contributed by atoms with van der Waals surface area (Å²) >= 11 is 0. The van der Waals surface area contributed by atoms with Gasteiger partial charge in [-0.2, -0.15) is 5.10 Å². The first-order valence-corrected chi connectivity index (χ1v) is 8.45. The number of H-pyrrole nitrogens is 1. The summed E-state index contributed by atoms with van der Waals surface area (Å²) in [5.41, 5.74) is 0.317. The van der Waals surface area contributed by atoms with Gasteiger partial charge in [0.25, 0.3) is 0 Å². The number of likely N-dealkylation sites (tertiary alicyclic amines) is 1. The predicted octanol–water partition coefficient (Wildman–Crippen LogP) is 1.75. The Kier molecular flexibility index (Phi) is 4.05. The number of nitrogens with zero attached hydrogens (tertiary/aromatic N) is 2. The van der Waals surface area contributed by atoms with Crippen molar-refractivity contribution in [3.8, 4) is 0 Å². The van der Waals surface area contributed by atoms with Crippen LogP contribution in [0.2, 0.25) is 0 Å². The lowest BCUT2D eigenvalue weighted by Gasteiger charge is -2.48. The first kappa shape index (κ1) is 16.2. The summed E-state index contributed by atoms with van der Waals surface area (Å²) in [6.45, 7) is 1.04. The van der Waals surface area contributed by atoms with Gasteiger partial charge in [-0.3, -0.25) is 9.89 Å². The quantitative estimate of drug-likeness (QED) is 0.888. The second-order valence-corrected chi connectivity index (χ2v) is 6.78. The standard InChI is InChI=1S/C18H20FN3O3/c19-13-5-3-12(4-6-13)18(24)10-22(11-18)17(23)14-2-1-9-25-16(14)15-7-8-20-21-15/h3-8,14,16,24H,1-2,9-11H2,(H,20,21)/t14-,16-/m1/s1. The number of halogens is 1. The molecule has 1 amide bonds. The van der Waals surface area contributed by atoms with Gasteiger partial charge in [-0.05, 0) is 36.6 Å². The highest BCUT2D eigenvalue weighted by molar-refractivity contribution is 5.81. The number of carbonyl (C=O) groups is 1. The zero-order chi connectivity index (χ0) is 17.4. The Morgan fingerprint density at radius 3 is 2.76 bits per heavy atom. The van der Waals surface area contributed by atoms with Crippen molar-refractivity contribution in [1.82, 2.24) is 15.1 Å². The van der Waals surface area contributed by atoms with E-state index in [1.807, 2.05) is 6.07 Å². The van der Waals surface area contributed by atoms with E-state index in [1.165, 1.54) is 12.1 Å². The molecule has 2 atom stereocenters. The van der Waals surface area contributed by atoms with Gasteiger partial charge in [-0.1, -0.05) is 12.1 Å². The molecule has 25 heavy (non-hydrogen) atoms. The van der Waals surface area contributed by atoms with E-state index in [0.29, 0.717) is 12.2 Å². The number of hydrogen-bond donors (Lipinski definition) is 2. The SMILES string of the molecule is O=C([C@@H]1CCCO[C@H]1c1ccn[nH]1)N1CC(O)(c2ccc(F)cc2)C1. The summed E-state index contributed by atoms with van der Waals surface area (Å²) in [6, 6.07) is 7.59. The lowest BCUT2D eigenvalue weighted by atomic mass is 9.83. The van der Waals surface area contributed by atoms with Crippen molar-refractivity contribution >= 4 is 5.91 Å². The summed E-state index contributed by atoms with van der Waals surface area (Å²) in [5.74, 6) is -0.653. The number of aromatic nitrogens is 2. The zero-order valence-corrected chi connectivity index (χ0v) is 13.7. The molecule has 7 heteroatoms. The molecule has 132 valence electrons. The number of ether oxygens (including phenoxy) is 1. The topological polar surface area (TPSA) is 78.5 Å². The van der Waals surface area contributed by atoms with Crippen molar-refractivity contribution in [2.75, 3.05) is 19.7 Å². The molecular weight excluding hydrogens is 325 g/mol. The van der Waals surface area contributed by atoms with Crippen LogP contribution in [0.25, 0.3) is 0 Å². The number of carbonyl (C=O) groups excluding carboxylic acids is 1. The first-order valence-electron chi connectivity index (χ1n) is 8.45. The van der Waals surface area contributed by atoms with E-state index in [-0.39, 0.29) is 36.8 Å². The number of amides is 1. The van der Waals surface area contributed by atoms with Gasteiger partial charge in [0.05, 0.1) is 24.7 Å². The molecule has 2 aliphatic rings. The van der Waals surface area contributed by atoms with Crippen molar-refractivity contribution in [2.24, 2.45) is 5.92 Å². The maximum atomic E-state index is 13.1. The summed E-state index contributed by atoms with van der Waals surface area (Å²) in [7, 11) is 0. The van der Waals surface area contributed by atoms with E-state index in [2.05, 4.69) is 10.2 Å². The van der Waals surface area contributed by atoms with Gasteiger partial charge in [-0.25, -0.2) is 4.39 Å². The van der Waals surface area contributed by atoms with E-state index in [9.17, 15) is 14.3 Å². The van der Waals surface area contributed by atoms with Crippen molar-refractivity contribution in [3.05, 3.63) is 53.6 Å². The fourth-order valence-electron chi connectivity index (χ4n) is 3.68. The molecule has 0 radical (unpaired) electrons. The van der Waals surface area contributed by atoms with E-state index in [1.54, 1.807) is 23.2 Å². The lowest BCUT2D eigenvalue weighted by molar-refractivity contribution is -0.170. The normalized spacial score (nSPS) is 25.4. The summed E-state index contributed by atoms with van der Waals surface area (Å²) in [6.07, 6.45) is 2.89. The highest BCUT2D eigenvalue weighted by Gasteiger charge is 2.48. The summed E-state index contributed by atoms with van der Waals surface area (Å²) < 4.78 is 18.9. The predicted molar refractivity (Wildman–Crippen MR) is 86.9 cm³/mol. The van der Waals surface area contributed by atoms with Crippen LogP contribution in [0.4, 0.5) is 4.39 Å². The van der Waals surface area contributed by atoms with Crippen molar-refractivity contribution in [3.63, 3.8) is 0 Å². The second-order valence-electron chi connectivity index (χ2n) is 6.78. The van der Waals surface area contributed by atoms with Crippen LogP contribution >= 0.6 is 0 Å². The number of hydrogen-bond acceptors (Lipinski definition) is 4. The Morgan fingerprint density at radius 1 is 1.32 bits per heavy atom. The average molecular weight is 345 g/mol. The monoisotopic (exact) mass is 345 g/mol. The van der Waals surface area contributed by atoms with Crippen LogP contribution in [0, 0.1) is 11.7 Å². The number of benzene rings is 1. The van der Waals surface area contributed by atoms with Crippen LogP contribution in [0.1, 0.15) is 30.2 Å². The van der Waals surface area contributed by atoms with Gasteiger partial charge in [0.2, 0.25) is 5.91 Å². The summed E-state index contributed by atoms with van der Waals surface area (Å²) in [4.78, 5) is 14.5. The van der Waals surface area contributed by atoms with Gasteiger partial charge in [-0.15, -0.1) is 0 Å². The van der Waals surface area contributed by atoms with Gasteiger partial charge < -0.3 is 14.7 Å². The number of aliphatic hydroxyl groups is 1. The molecule has 0 spiro atoms. The average Bonchev–Trinajstić information content (AvgIpc) is 3.13. The van der Waals surface area contributed by atoms with Gasteiger partial charge in [0.1, 0.15) is 17.5 Å². The number of rotatable bonds is 3. The molecule has 4 rings (SSSR count). The Morgan fingerprint density at radius 2 is 2.08 bits per heavy atom. The van der Waals surface area contributed by atoms with Crippen molar-refractivity contribution in [2.45, 2.75) is 24.5 Å². The maximum absolute atomic E-state index is 13.1. The largest absolute Gasteiger partial charge is 0.381 e. The number of aromatic amines is 1. The third kappa shape index (κ3) is 2.94. The number of β-amino-alcohol motifs (C(OH)–C–C–N with tert-alkyl or cyclic N) is 1. The third-order valence-corrected chi connectivity index (χ3v) is 5.07. The molecule has 2 N–H and O–H groups in total. The molecule has 1 aromatic carbocycles. The molecule has 1 aromatic heterocycles. The van der Waals surface area contributed by atoms with Gasteiger partial charge in [0, 0.05) is 12.8 Å². The van der Waals surface area contributed by atoms with E-state index in [0.717, 1.165) is 18.5 Å². The smallest absolute Gasteiger partial charge is 0.228 e. The van der Waals surface area contributed by atoms with Crippen molar-refractivity contribution in [1.29, 1.82) is 0 Å². The Labute approximate surface area is 144 Å². The molecule has 2 aliphatic heterocycles. The maximum Gasteiger partial charge on any atom is 0.228 e. The molecule has 0 bridgehead atoms. The highest BCUT2D eigenvalue weighted by atomic mass is 19.1. The van der Waals surface area contributed by atoms with Crippen LogP contribution in [0.3, 0.4) is 0 Å². The fourth-order valence-corrected chi connectivity index (χ4v) is 3.68. The minimum Gasteiger partial charge on any atom is -0.381 e. The lowest BCUT2D eigenvalue weighted by Crippen LogP contribution is -2.62. The number of nitrogens with one attached hydrogen (secondary N) is 1. The van der Waals surface area contributed by atoms with Crippen LogP contribution in [-0.4, -0.2) is 45.8 Å². The summed E-state index contributed by atoms with van der Waals surface area (Å²) in [5, 5.41) is 17.5. The van der Waals surface area contributed by atoms with E-state index < -0.39 is 5.60 Å². The fraction of sp³-hybridized carbons (Fsp3) is 0.444. The van der Waals surface area contributed by atoms with Crippen LogP contribution in [-0.2, 0) is 15.1 Å². The van der Waals surface area contributed by atoms with Gasteiger partial charge >= 0.3 is 0 Å². The van der Waals surface area contributed by atoms with Crippen LogP contribution < -0.4 is 0 Å². The molecule has 2 saturated heterocycles. The van der Waals surface area contributed by atoms with Crippen LogP contribution in [0.15, 0.2) is 36.5 Å². The molecule has 3 heterocycles. The Bertz CT molecular complexity index is 741. The molecule has 2 fully saturated rings. The molecule has 0 saturated carbocycles. The third-order valence-electron chi connectivity index (χ3n) is 5.07. The minimum atomic E-state index is -1.11. The molecular formula is C18H20FN3O3. The minimum absolute atomic E-state index is 0.0221. The van der Waals surface area contributed by atoms with E-state index >= 15 is 0 Å². The second kappa shape index (κ2) is 6.24. The van der Waals surface area contributed by atoms with Crippen LogP contribution in [0.5, 0.6) is 0 Å². The highest BCUT2D eigenvalue weighted by Crippen LogP contribution is 2.38. The molecule has 0 unspecified atom stereocenters. The molecule has 6 nitrogen and oxygen atoms in total. The molecule has 0 aliphatic carbocycles. The van der Waals surface area contributed by atoms with Gasteiger partial charge in [0.15, 0.2) is 0 Å². The Hall–Kier alpha value is -2.25. The van der Waals surface area contributed by atoms with E-state index in [4.69, 9.17) is 4.74 Å².